The molecule has 0 aliphatic carbocycles. The molecule has 0 saturated carbocycles. The van der Waals surface area contributed by atoms with Crippen LogP contribution in [0.1, 0.15) is 28.5 Å². The summed E-state index contributed by atoms with van der Waals surface area (Å²) in [7, 11) is -1.35. The molecular weight excluding hydrogens is 389 g/mol. The van der Waals surface area contributed by atoms with E-state index in [0.717, 1.165) is 17.8 Å². The number of nitrogens with one attached hydrogen (secondary N) is 1. The molecule has 0 aliphatic heterocycles. The van der Waals surface area contributed by atoms with E-state index in [-0.39, 0.29) is 22.6 Å². The Morgan fingerprint density at radius 1 is 1.35 bits per heavy atom. The molecule has 26 heavy (non-hydrogen) atoms. The monoisotopic (exact) mass is 404 g/mol. The van der Waals surface area contributed by atoms with Gasteiger partial charge in [0.25, 0.3) is 5.56 Å². The molecular formula is C16H15F3N2O3S2. The van der Waals surface area contributed by atoms with Gasteiger partial charge in [0, 0.05) is 35.5 Å². The molecule has 0 aromatic carbocycles. The van der Waals surface area contributed by atoms with E-state index >= 15 is 0 Å². The Bertz CT molecular complexity index is 910. The number of aromatic nitrogens is 2. The fourth-order valence-corrected chi connectivity index (χ4v) is 3.49. The Morgan fingerprint density at radius 3 is 2.62 bits per heavy atom. The summed E-state index contributed by atoms with van der Waals surface area (Å²) in [5.41, 5.74) is -1.50. The van der Waals surface area contributed by atoms with Gasteiger partial charge in [-0.2, -0.15) is 13.2 Å². The van der Waals surface area contributed by atoms with Crippen molar-refractivity contribution in [2.75, 3.05) is 12.0 Å². The van der Waals surface area contributed by atoms with Gasteiger partial charge in [-0.25, -0.2) is 0 Å². The van der Waals surface area contributed by atoms with E-state index in [0.29, 0.717) is 16.8 Å². The van der Waals surface area contributed by atoms with E-state index in [1.807, 2.05) is 0 Å². The number of aromatic amines is 1. The lowest BCUT2D eigenvalue weighted by molar-refractivity contribution is -0.138. The fraction of sp³-hybridized carbons (Fsp3) is 0.312. The number of hydrogen-bond acceptors (Lipinski definition) is 5. The molecule has 0 aliphatic rings. The second-order valence-electron chi connectivity index (χ2n) is 5.25. The Morgan fingerprint density at radius 2 is 2.04 bits per heavy atom. The van der Waals surface area contributed by atoms with Gasteiger partial charge in [0.2, 0.25) is 0 Å². The molecule has 140 valence electrons. The quantitative estimate of drug-likeness (QED) is 0.591. The van der Waals surface area contributed by atoms with Crippen LogP contribution in [0.4, 0.5) is 13.2 Å². The highest BCUT2D eigenvalue weighted by Crippen LogP contribution is 2.33. The molecule has 10 heteroatoms. The SMILES string of the molecule is CCSc1cc(C(F)(F)F)cnc1C(=O)Cc1cc(S(C)=O)c[nH]c1=O. The number of ketones is 1. The number of alkyl halides is 3. The maximum absolute atomic E-state index is 12.9. The van der Waals surface area contributed by atoms with E-state index in [9.17, 15) is 27.0 Å². The molecule has 0 fully saturated rings. The average Bonchev–Trinajstić information content (AvgIpc) is 2.56. The predicted octanol–water partition coefficient (Wildman–Crippen LogP) is 3.06. The third kappa shape index (κ3) is 4.82. The van der Waals surface area contributed by atoms with Crippen molar-refractivity contribution < 1.29 is 22.2 Å². The minimum atomic E-state index is -4.56. The van der Waals surface area contributed by atoms with Crippen molar-refractivity contribution in [3.63, 3.8) is 0 Å². The number of carbonyl (C=O) groups excluding carboxylic acids is 1. The second kappa shape index (κ2) is 8.17. The number of H-pyrrole nitrogens is 1. The van der Waals surface area contributed by atoms with E-state index in [1.165, 1.54) is 18.5 Å². The lowest BCUT2D eigenvalue weighted by Crippen LogP contribution is -2.18. The van der Waals surface area contributed by atoms with Crippen LogP contribution in [0.5, 0.6) is 0 Å². The molecule has 0 saturated heterocycles. The summed E-state index contributed by atoms with van der Waals surface area (Å²) in [5.74, 6) is -0.132. The summed E-state index contributed by atoms with van der Waals surface area (Å²) in [4.78, 5) is 30.9. The summed E-state index contributed by atoms with van der Waals surface area (Å²) in [6, 6.07) is 2.24. The van der Waals surface area contributed by atoms with Crippen LogP contribution in [0.15, 0.2) is 39.1 Å². The molecule has 0 amide bonds. The zero-order valence-corrected chi connectivity index (χ0v) is 15.5. The van der Waals surface area contributed by atoms with Gasteiger partial charge in [0.1, 0.15) is 5.69 Å². The maximum atomic E-state index is 12.9. The first-order valence-corrected chi connectivity index (χ1v) is 9.96. The molecule has 1 atom stereocenters. The van der Waals surface area contributed by atoms with Crippen LogP contribution in [0.25, 0.3) is 0 Å². The standard InChI is InChI=1S/C16H15F3N2O3S2/c1-3-25-13-6-10(16(17,18)19)7-20-14(13)12(22)5-9-4-11(26(2)24)8-21-15(9)23/h4,6-8H,3,5H2,1-2H3,(H,21,23). The minimum Gasteiger partial charge on any atom is -0.328 e. The van der Waals surface area contributed by atoms with Gasteiger partial charge >= 0.3 is 6.18 Å². The predicted molar refractivity (Wildman–Crippen MR) is 93.1 cm³/mol. The van der Waals surface area contributed by atoms with E-state index < -0.39 is 33.9 Å². The van der Waals surface area contributed by atoms with E-state index in [2.05, 4.69) is 9.97 Å². The van der Waals surface area contributed by atoms with Gasteiger partial charge < -0.3 is 4.98 Å². The zero-order chi connectivity index (χ0) is 19.5. The van der Waals surface area contributed by atoms with Gasteiger partial charge in [-0.1, -0.05) is 6.92 Å². The lowest BCUT2D eigenvalue weighted by Gasteiger charge is -2.11. The molecule has 0 radical (unpaired) electrons. The number of nitrogens with zero attached hydrogens (tertiary/aromatic N) is 1. The molecule has 2 heterocycles. The van der Waals surface area contributed by atoms with Gasteiger partial charge in [0.05, 0.1) is 21.3 Å². The third-order valence-electron chi connectivity index (χ3n) is 3.38. The summed E-state index contributed by atoms with van der Waals surface area (Å²) < 4.78 is 50.1. The number of carbonyl (C=O) groups is 1. The van der Waals surface area contributed by atoms with Crippen LogP contribution in [0.3, 0.4) is 0 Å². The Kier molecular flexibility index (Phi) is 6.40. The molecule has 2 rings (SSSR count). The molecule has 2 aromatic heterocycles. The van der Waals surface area contributed by atoms with Crippen molar-refractivity contribution in [2.24, 2.45) is 0 Å². The highest BCUT2D eigenvalue weighted by Gasteiger charge is 2.32. The van der Waals surface area contributed by atoms with Crippen molar-refractivity contribution in [3.05, 3.63) is 51.7 Å². The van der Waals surface area contributed by atoms with Crippen LogP contribution >= 0.6 is 11.8 Å². The minimum absolute atomic E-state index is 0.0804. The van der Waals surface area contributed by atoms with Crippen LogP contribution in [-0.4, -0.2) is 32.0 Å². The maximum Gasteiger partial charge on any atom is 0.417 e. The normalized spacial score (nSPS) is 12.8. The molecule has 0 spiro atoms. The number of pyridine rings is 2. The number of thioether (sulfide) groups is 1. The highest BCUT2D eigenvalue weighted by molar-refractivity contribution is 7.99. The summed E-state index contributed by atoms with van der Waals surface area (Å²) in [6.07, 6.45) is -1.59. The van der Waals surface area contributed by atoms with Crippen LogP contribution < -0.4 is 5.56 Å². The van der Waals surface area contributed by atoms with Gasteiger partial charge in [-0.15, -0.1) is 11.8 Å². The van der Waals surface area contributed by atoms with Crippen molar-refractivity contribution >= 4 is 28.3 Å². The lowest BCUT2D eigenvalue weighted by atomic mass is 10.1. The molecule has 1 N–H and O–H groups in total. The molecule has 2 aromatic rings. The average molecular weight is 404 g/mol. The smallest absolute Gasteiger partial charge is 0.328 e. The van der Waals surface area contributed by atoms with Crippen LogP contribution in [0.2, 0.25) is 0 Å². The number of rotatable bonds is 6. The van der Waals surface area contributed by atoms with Gasteiger partial charge in [0.15, 0.2) is 5.78 Å². The summed E-state index contributed by atoms with van der Waals surface area (Å²) in [6.45, 7) is 1.74. The van der Waals surface area contributed by atoms with Crippen molar-refractivity contribution in [1.82, 2.24) is 9.97 Å². The number of Topliss-reactive ketones (excluding diaryl/α,β-unsaturated/α-hetero) is 1. The van der Waals surface area contributed by atoms with E-state index in [1.54, 1.807) is 6.92 Å². The number of halogens is 3. The fourth-order valence-electron chi connectivity index (χ4n) is 2.14. The van der Waals surface area contributed by atoms with Gasteiger partial charge in [-0.3, -0.25) is 18.8 Å². The molecule has 0 bridgehead atoms. The molecule has 1 unspecified atom stereocenters. The van der Waals surface area contributed by atoms with Crippen LogP contribution in [0, 0.1) is 0 Å². The number of hydrogen-bond donors (Lipinski definition) is 1. The Hall–Kier alpha value is -1.94. The van der Waals surface area contributed by atoms with Crippen molar-refractivity contribution in [3.8, 4) is 0 Å². The highest BCUT2D eigenvalue weighted by atomic mass is 32.2. The first-order valence-electron chi connectivity index (χ1n) is 7.41. The van der Waals surface area contributed by atoms with Crippen molar-refractivity contribution in [1.29, 1.82) is 0 Å². The Labute approximate surface area is 153 Å². The summed E-state index contributed by atoms with van der Waals surface area (Å²) >= 11 is 1.07. The largest absolute Gasteiger partial charge is 0.417 e. The van der Waals surface area contributed by atoms with Crippen molar-refractivity contribution in [2.45, 2.75) is 29.3 Å². The molecule has 5 nitrogen and oxygen atoms in total. The summed E-state index contributed by atoms with van der Waals surface area (Å²) in [5, 5.41) is 0. The first-order chi connectivity index (χ1) is 12.1. The second-order valence-corrected chi connectivity index (χ2v) is 7.93. The van der Waals surface area contributed by atoms with Gasteiger partial charge in [-0.05, 0) is 17.9 Å². The first kappa shape index (κ1) is 20.4. The zero-order valence-electron chi connectivity index (χ0n) is 13.8. The third-order valence-corrected chi connectivity index (χ3v) is 5.19. The topological polar surface area (TPSA) is 79.9 Å². The van der Waals surface area contributed by atoms with E-state index in [4.69, 9.17) is 0 Å². The van der Waals surface area contributed by atoms with Crippen LogP contribution in [-0.2, 0) is 23.4 Å². The Balaban J connectivity index is 2.39.